The fraction of sp³-hybridized carbons (Fsp3) is 0.150. The molecule has 26 heavy (non-hydrogen) atoms. The van der Waals surface area contributed by atoms with Gasteiger partial charge in [-0.1, -0.05) is 42.5 Å². The fourth-order valence-corrected chi connectivity index (χ4v) is 3.33. The molecule has 0 unspecified atom stereocenters. The number of anilines is 1. The molecule has 3 aromatic rings. The van der Waals surface area contributed by atoms with Crippen molar-refractivity contribution < 1.29 is 9.59 Å². The Balaban J connectivity index is 1.60. The molecule has 1 aromatic heterocycles. The monoisotopic (exact) mass is 365 g/mol. The first-order valence-corrected chi connectivity index (χ1v) is 9.16. The summed E-state index contributed by atoms with van der Waals surface area (Å²) in [5, 5.41) is 8.30. The molecule has 1 heterocycles. The molecular weight excluding hydrogens is 346 g/mol. The Bertz CT molecular complexity index is 906. The van der Waals surface area contributed by atoms with E-state index >= 15 is 0 Å². The van der Waals surface area contributed by atoms with Crippen LogP contribution >= 0.6 is 11.3 Å². The highest BCUT2D eigenvalue weighted by Gasteiger charge is 2.12. The lowest BCUT2D eigenvalue weighted by Crippen LogP contribution is -2.21. The third-order valence-electron chi connectivity index (χ3n) is 3.86. The van der Waals surface area contributed by atoms with Crippen molar-refractivity contribution in [3.05, 3.63) is 70.5 Å². The molecule has 0 radical (unpaired) electrons. The van der Waals surface area contributed by atoms with E-state index in [0.717, 1.165) is 16.3 Å². The maximum atomic E-state index is 12.3. The van der Waals surface area contributed by atoms with Crippen molar-refractivity contribution in [3.63, 3.8) is 0 Å². The SMILES string of the molecule is CNC(=O)c1ccccc1NC(=O)CCc1nc(-c2ccccc2)cs1. The van der Waals surface area contributed by atoms with Crippen molar-refractivity contribution in [2.45, 2.75) is 12.8 Å². The number of para-hydroxylation sites is 1. The highest BCUT2D eigenvalue weighted by Crippen LogP contribution is 2.22. The van der Waals surface area contributed by atoms with Crippen LogP contribution in [0.4, 0.5) is 5.69 Å². The molecule has 0 fully saturated rings. The summed E-state index contributed by atoms with van der Waals surface area (Å²) in [6, 6.07) is 16.9. The second-order valence-electron chi connectivity index (χ2n) is 5.67. The van der Waals surface area contributed by atoms with Crippen molar-refractivity contribution in [1.82, 2.24) is 10.3 Å². The minimum absolute atomic E-state index is 0.141. The first kappa shape index (κ1) is 17.8. The number of aromatic nitrogens is 1. The number of hydrogen-bond acceptors (Lipinski definition) is 4. The zero-order valence-corrected chi connectivity index (χ0v) is 15.2. The van der Waals surface area contributed by atoms with Gasteiger partial charge in [0, 0.05) is 30.8 Å². The van der Waals surface area contributed by atoms with Crippen LogP contribution in [-0.2, 0) is 11.2 Å². The average molecular weight is 365 g/mol. The van der Waals surface area contributed by atoms with Crippen molar-refractivity contribution in [1.29, 1.82) is 0 Å². The van der Waals surface area contributed by atoms with Gasteiger partial charge in [-0.15, -0.1) is 11.3 Å². The maximum absolute atomic E-state index is 12.3. The number of amides is 2. The van der Waals surface area contributed by atoms with E-state index in [2.05, 4.69) is 15.6 Å². The quantitative estimate of drug-likeness (QED) is 0.699. The van der Waals surface area contributed by atoms with Crippen molar-refractivity contribution in [2.24, 2.45) is 0 Å². The third-order valence-corrected chi connectivity index (χ3v) is 4.77. The Labute approximate surface area is 156 Å². The van der Waals surface area contributed by atoms with Crippen LogP contribution in [0.1, 0.15) is 21.8 Å². The van der Waals surface area contributed by atoms with Crippen molar-refractivity contribution in [2.75, 3.05) is 12.4 Å². The normalized spacial score (nSPS) is 10.3. The maximum Gasteiger partial charge on any atom is 0.253 e. The molecule has 0 atom stereocenters. The summed E-state index contributed by atoms with van der Waals surface area (Å²) in [6.07, 6.45) is 0.870. The second-order valence-corrected chi connectivity index (χ2v) is 6.61. The predicted octanol–water partition coefficient (Wildman–Crippen LogP) is 3.74. The number of carbonyl (C=O) groups excluding carboxylic acids is 2. The van der Waals surface area contributed by atoms with Gasteiger partial charge >= 0.3 is 0 Å². The minimum Gasteiger partial charge on any atom is -0.355 e. The first-order valence-electron chi connectivity index (χ1n) is 8.28. The van der Waals surface area contributed by atoms with Gasteiger partial charge in [0.05, 0.1) is 22.0 Å². The average Bonchev–Trinajstić information content (AvgIpc) is 3.16. The molecular formula is C20H19N3O2S. The Hall–Kier alpha value is -2.99. The molecule has 0 spiro atoms. The van der Waals surface area contributed by atoms with Crippen molar-refractivity contribution in [3.8, 4) is 11.3 Å². The lowest BCUT2D eigenvalue weighted by atomic mass is 10.1. The largest absolute Gasteiger partial charge is 0.355 e. The van der Waals surface area contributed by atoms with Gasteiger partial charge in [-0.05, 0) is 12.1 Å². The highest BCUT2D eigenvalue weighted by molar-refractivity contribution is 7.09. The topological polar surface area (TPSA) is 71.1 Å². The van der Waals surface area contributed by atoms with Gasteiger partial charge in [0.25, 0.3) is 5.91 Å². The van der Waals surface area contributed by atoms with E-state index in [1.807, 2.05) is 35.7 Å². The summed E-state index contributed by atoms with van der Waals surface area (Å²) >= 11 is 1.55. The van der Waals surface area contributed by atoms with Gasteiger partial charge in [0.2, 0.25) is 5.91 Å². The van der Waals surface area contributed by atoms with E-state index in [1.54, 1.807) is 42.6 Å². The summed E-state index contributed by atoms with van der Waals surface area (Å²) in [7, 11) is 1.56. The van der Waals surface area contributed by atoms with E-state index in [9.17, 15) is 9.59 Å². The number of nitrogens with zero attached hydrogens (tertiary/aromatic N) is 1. The molecule has 0 saturated carbocycles. The van der Waals surface area contributed by atoms with E-state index in [1.165, 1.54) is 0 Å². The van der Waals surface area contributed by atoms with Crippen LogP contribution in [0.5, 0.6) is 0 Å². The first-order chi connectivity index (χ1) is 12.7. The zero-order valence-electron chi connectivity index (χ0n) is 14.4. The molecule has 0 saturated heterocycles. The van der Waals surface area contributed by atoms with Crippen LogP contribution in [0.3, 0.4) is 0 Å². The predicted molar refractivity (Wildman–Crippen MR) is 104 cm³/mol. The zero-order chi connectivity index (χ0) is 18.4. The summed E-state index contributed by atoms with van der Waals surface area (Å²) < 4.78 is 0. The summed E-state index contributed by atoms with van der Waals surface area (Å²) in [6.45, 7) is 0. The van der Waals surface area contributed by atoms with Crippen LogP contribution < -0.4 is 10.6 Å². The molecule has 2 amide bonds. The molecule has 0 aliphatic rings. The Morgan fingerprint density at radius 2 is 1.77 bits per heavy atom. The molecule has 6 heteroatoms. The third kappa shape index (κ3) is 4.34. The summed E-state index contributed by atoms with van der Waals surface area (Å²) in [5.74, 6) is -0.369. The van der Waals surface area contributed by atoms with Gasteiger partial charge in [-0.25, -0.2) is 4.98 Å². The van der Waals surface area contributed by atoms with Crippen LogP contribution in [0, 0.1) is 0 Å². The fourth-order valence-electron chi connectivity index (χ4n) is 2.53. The number of hydrogen-bond donors (Lipinski definition) is 2. The van der Waals surface area contributed by atoms with Crippen LogP contribution in [0.25, 0.3) is 11.3 Å². The van der Waals surface area contributed by atoms with Gasteiger partial charge in [0.15, 0.2) is 0 Å². The van der Waals surface area contributed by atoms with Gasteiger partial charge < -0.3 is 10.6 Å². The van der Waals surface area contributed by atoms with E-state index in [0.29, 0.717) is 24.1 Å². The molecule has 3 rings (SSSR count). The number of carbonyl (C=O) groups is 2. The van der Waals surface area contributed by atoms with Crippen LogP contribution in [-0.4, -0.2) is 23.8 Å². The van der Waals surface area contributed by atoms with Crippen LogP contribution in [0.15, 0.2) is 60.0 Å². The number of benzene rings is 2. The second kappa shape index (κ2) is 8.40. The number of thiazole rings is 1. The molecule has 0 bridgehead atoms. The molecule has 2 aromatic carbocycles. The lowest BCUT2D eigenvalue weighted by molar-refractivity contribution is -0.116. The van der Waals surface area contributed by atoms with Gasteiger partial charge in [-0.3, -0.25) is 9.59 Å². The van der Waals surface area contributed by atoms with E-state index in [-0.39, 0.29) is 11.8 Å². The lowest BCUT2D eigenvalue weighted by Gasteiger charge is -2.09. The summed E-state index contributed by atoms with van der Waals surface area (Å²) in [5.41, 5.74) is 2.96. The smallest absolute Gasteiger partial charge is 0.253 e. The van der Waals surface area contributed by atoms with Crippen LogP contribution in [0.2, 0.25) is 0 Å². The Morgan fingerprint density at radius 3 is 2.54 bits per heavy atom. The highest BCUT2D eigenvalue weighted by atomic mass is 32.1. The standard InChI is InChI=1S/C20H19N3O2S/c1-21-20(25)15-9-5-6-10-16(15)22-18(24)11-12-19-23-17(13-26-19)14-7-3-2-4-8-14/h2-10,13H,11-12H2,1H3,(H,21,25)(H,22,24). The number of aryl methyl sites for hydroxylation is 1. The molecule has 2 N–H and O–H groups in total. The molecule has 5 nitrogen and oxygen atoms in total. The molecule has 0 aliphatic heterocycles. The summed E-state index contributed by atoms with van der Waals surface area (Å²) in [4.78, 5) is 28.7. The minimum atomic E-state index is -0.228. The molecule has 0 aliphatic carbocycles. The van der Waals surface area contributed by atoms with Gasteiger partial charge in [0.1, 0.15) is 0 Å². The van der Waals surface area contributed by atoms with Crippen molar-refractivity contribution >= 4 is 28.8 Å². The van der Waals surface area contributed by atoms with E-state index < -0.39 is 0 Å². The number of rotatable bonds is 6. The Kier molecular flexibility index (Phi) is 5.76. The molecule has 132 valence electrons. The number of nitrogens with one attached hydrogen (secondary N) is 2. The van der Waals surface area contributed by atoms with Gasteiger partial charge in [-0.2, -0.15) is 0 Å². The van der Waals surface area contributed by atoms with E-state index in [4.69, 9.17) is 0 Å². The Morgan fingerprint density at radius 1 is 1.04 bits per heavy atom.